The number of nitrogens with zero attached hydrogens (tertiary/aromatic N) is 1. The van der Waals surface area contributed by atoms with Crippen molar-refractivity contribution in [2.24, 2.45) is 0 Å². The van der Waals surface area contributed by atoms with E-state index >= 15 is 0 Å². The van der Waals surface area contributed by atoms with Gasteiger partial charge in [-0.2, -0.15) is 0 Å². The van der Waals surface area contributed by atoms with Crippen LogP contribution in [0, 0.1) is 5.82 Å². The van der Waals surface area contributed by atoms with Crippen molar-refractivity contribution in [2.75, 3.05) is 7.05 Å². The molecule has 1 atom stereocenters. The Hall–Kier alpha value is -0.779. The molecule has 152 valence electrons. The molecule has 2 aromatic rings. The van der Waals surface area contributed by atoms with Gasteiger partial charge in [-0.05, 0) is 56.0 Å². The number of hydrogen-bond acceptors (Lipinski definition) is 1. The van der Waals surface area contributed by atoms with Crippen LogP contribution in [0.15, 0.2) is 54.1 Å². The summed E-state index contributed by atoms with van der Waals surface area (Å²) < 4.78 is 28.2. The van der Waals surface area contributed by atoms with Gasteiger partial charge in [0, 0.05) is 24.5 Å². The van der Waals surface area contributed by atoms with Crippen LogP contribution in [0.3, 0.4) is 0 Å². The Morgan fingerprint density at radius 1 is 1.03 bits per heavy atom. The first kappa shape index (κ1) is 28.2. The minimum Gasteiger partial charge on any atom is -1.00 e. The second-order valence-electron chi connectivity index (χ2n) is 8.03. The summed E-state index contributed by atoms with van der Waals surface area (Å²) in [7, 11) is 0.0527. The molecule has 7 heteroatoms. The van der Waals surface area contributed by atoms with E-state index in [4.69, 9.17) is 0 Å². The average molecular weight is 486 g/mol. The topological polar surface area (TPSA) is 20.3 Å². The number of hydrogen-bond donors (Lipinski definition) is 0. The number of halogens is 3. The Balaban J connectivity index is 0.00000261. The Morgan fingerprint density at radius 2 is 1.62 bits per heavy atom. The molecule has 29 heavy (non-hydrogen) atoms. The molecule has 2 aromatic carbocycles. The molecule has 0 aliphatic heterocycles. The maximum Gasteiger partial charge on any atom is 4.00 e. The van der Waals surface area contributed by atoms with Gasteiger partial charge in [-0.15, -0.1) is 0 Å². The molecule has 0 saturated carbocycles. The van der Waals surface area contributed by atoms with E-state index < -0.39 is 8.84 Å². The van der Waals surface area contributed by atoms with Gasteiger partial charge in [0.25, 0.3) is 0 Å². The first-order valence-corrected chi connectivity index (χ1v) is 10.6. The molecule has 2 nitrogen and oxygen atoms in total. The van der Waals surface area contributed by atoms with Crippen LogP contribution in [0.25, 0.3) is 6.08 Å². The summed E-state index contributed by atoms with van der Waals surface area (Å²) >= 11 is 0. The predicted molar refractivity (Wildman–Crippen MR) is 106 cm³/mol. The average Bonchev–Trinajstić information content (AvgIpc) is 2.93. The van der Waals surface area contributed by atoms with Crippen LogP contribution in [-0.2, 0) is 32.6 Å². The van der Waals surface area contributed by atoms with Gasteiger partial charge in [0.15, 0.2) is 0 Å². The van der Waals surface area contributed by atoms with E-state index in [9.17, 15) is 8.85 Å². The predicted octanol–water partition coefficient (Wildman–Crippen LogP) is -0.796. The minimum atomic E-state index is -1.90. The van der Waals surface area contributed by atoms with E-state index in [1.807, 2.05) is 35.9 Å². The molecule has 0 heterocycles. The quantitative estimate of drug-likeness (QED) is 0.517. The number of rotatable bonds is 5. The molecular weight excluding hydrogens is 460 g/mol. The van der Waals surface area contributed by atoms with Crippen molar-refractivity contribution < 1.29 is 55.4 Å². The summed E-state index contributed by atoms with van der Waals surface area (Å²) in [5.74, 6) is -0.0571. The number of benzene rings is 2. The molecular formula is C22H26Cl2FNOSiTi+2. The third kappa shape index (κ3) is 6.87. The molecule has 0 amide bonds. The molecule has 0 fully saturated rings. The molecule has 0 spiro atoms. The van der Waals surface area contributed by atoms with Crippen LogP contribution in [0.2, 0.25) is 6.04 Å². The molecule has 0 radical (unpaired) electrons. The smallest absolute Gasteiger partial charge is 1.00 e. The van der Waals surface area contributed by atoms with E-state index in [0.717, 1.165) is 12.0 Å². The second kappa shape index (κ2) is 11.6. The fourth-order valence-corrected chi connectivity index (χ4v) is 5.25. The first-order chi connectivity index (χ1) is 12.3. The molecule has 1 unspecified atom stereocenters. The summed E-state index contributed by atoms with van der Waals surface area (Å²) in [4.78, 5) is 0. The third-order valence-electron chi connectivity index (χ3n) is 5.24. The van der Waals surface area contributed by atoms with Gasteiger partial charge in [0.1, 0.15) is 5.82 Å². The van der Waals surface area contributed by atoms with Crippen LogP contribution >= 0.6 is 0 Å². The normalized spacial score (nSPS) is 14.5. The zero-order chi connectivity index (χ0) is 18.9. The van der Waals surface area contributed by atoms with Crippen LogP contribution in [0.4, 0.5) is 4.39 Å². The Morgan fingerprint density at radius 3 is 2.21 bits per heavy atom. The molecule has 1 aliphatic rings. The zero-order valence-corrected chi connectivity index (χ0v) is 21.3. The Bertz CT molecular complexity index is 853. The standard InChI is InChI=1S/C22H26FNOSi.2ClH.Ti/c1-22(2,3)24(4)26(25)15-21-18(13-16-9-11-19(23)12-10-16)14-17-7-5-6-8-20(17)21;;;/h5-12,14,21H,13,15H2,1-4H3;2*1H;/q;;;+4/p-2. The summed E-state index contributed by atoms with van der Waals surface area (Å²) in [5, 5.41) is 0. The van der Waals surface area contributed by atoms with E-state index in [2.05, 4.69) is 39.0 Å². The molecule has 3 rings (SSSR count). The maximum atomic E-state index is 13.2. The van der Waals surface area contributed by atoms with E-state index in [-0.39, 0.29) is 63.8 Å². The van der Waals surface area contributed by atoms with E-state index in [1.165, 1.54) is 28.8 Å². The summed E-state index contributed by atoms with van der Waals surface area (Å²) in [5.41, 5.74) is 4.69. The van der Waals surface area contributed by atoms with E-state index in [1.54, 1.807) is 0 Å². The van der Waals surface area contributed by atoms with Crippen molar-refractivity contribution >= 4 is 14.9 Å². The summed E-state index contributed by atoms with van der Waals surface area (Å²) in [6.07, 6.45) is 2.98. The molecule has 0 saturated heterocycles. The summed E-state index contributed by atoms with van der Waals surface area (Å²) in [6, 6.07) is 15.7. The third-order valence-corrected chi connectivity index (χ3v) is 7.42. The van der Waals surface area contributed by atoms with Crippen LogP contribution in [0.1, 0.15) is 43.4 Å². The Labute approximate surface area is 202 Å². The number of allylic oxidation sites excluding steroid dienone is 1. The van der Waals surface area contributed by atoms with Gasteiger partial charge in [-0.25, -0.2) is 4.39 Å². The fraction of sp³-hybridized carbons (Fsp3) is 0.364. The van der Waals surface area contributed by atoms with Crippen molar-refractivity contribution in [3.63, 3.8) is 0 Å². The van der Waals surface area contributed by atoms with Crippen molar-refractivity contribution in [1.82, 2.24) is 4.57 Å². The van der Waals surface area contributed by atoms with Crippen molar-refractivity contribution in [2.45, 2.75) is 44.7 Å². The van der Waals surface area contributed by atoms with Gasteiger partial charge in [0.2, 0.25) is 0 Å². The SMILES string of the molecule is CN([Si](=O)CC1C(Cc2ccc(F)cc2)=Cc2ccccc21)C(C)(C)C.[Cl-].[Cl-].[Ti+4]. The van der Waals surface area contributed by atoms with Crippen LogP contribution < -0.4 is 24.8 Å². The van der Waals surface area contributed by atoms with E-state index in [0.29, 0.717) is 6.04 Å². The van der Waals surface area contributed by atoms with Crippen molar-refractivity contribution in [3.05, 3.63) is 76.6 Å². The molecule has 0 N–H and O–H groups in total. The van der Waals surface area contributed by atoms with Gasteiger partial charge < -0.3 is 33.8 Å². The maximum absolute atomic E-state index is 13.2. The first-order valence-electron chi connectivity index (χ1n) is 9.06. The van der Waals surface area contributed by atoms with Gasteiger partial charge >= 0.3 is 30.6 Å². The van der Waals surface area contributed by atoms with Gasteiger partial charge in [0.05, 0.1) is 0 Å². The molecule has 1 aliphatic carbocycles. The molecule has 0 aromatic heterocycles. The molecule has 0 bridgehead atoms. The largest absolute Gasteiger partial charge is 4.00 e. The van der Waals surface area contributed by atoms with Crippen LogP contribution in [0.5, 0.6) is 0 Å². The van der Waals surface area contributed by atoms with Crippen molar-refractivity contribution in [3.8, 4) is 0 Å². The zero-order valence-electron chi connectivity index (χ0n) is 17.2. The minimum absolute atomic E-state index is 0. The van der Waals surface area contributed by atoms with Gasteiger partial charge in [-0.3, -0.25) is 0 Å². The second-order valence-corrected chi connectivity index (χ2v) is 9.90. The van der Waals surface area contributed by atoms with Gasteiger partial charge in [-0.1, -0.05) is 48.0 Å². The summed E-state index contributed by atoms with van der Waals surface area (Å²) in [6.45, 7) is 6.27. The Kier molecular flexibility index (Phi) is 11.3. The monoisotopic (exact) mass is 485 g/mol. The number of fused-ring (bicyclic) bond motifs is 1. The fourth-order valence-electron chi connectivity index (χ4n) is 3.40. The van der Waals surface area contributed by atoms with Crippen LogP contribution in [-0.4, -0.2) is 26.0 Å². The van der Waals surface area contributed by atoms with Crippen molar-refractivity contribution in [1.29, 1.82) is 0 Å².